The van der Waals surface area contributed by atoms with E-state index in [-0.39, 0.29) is 46.2 Å². The van der Waals surface area contributed by atoms with Crippen LogP contribution >= 0.6 is 0 Å². The van der Waals surface area contributed by atoms with E-state index in [0.717, 1.165) is 19.3 Å². The molecule has 0 aliphatic carbocycles. The number of carbonyl (C=O) groups excluding carboxylic acids is 1. The summed E-state index contributed by atoms with van der Waals surface area (Å²) in [6.07, 6.45) is 17.6. The van der Waals surface area contributed by atoms with Gasteiger partial charge in [0.1, 0.15) is 24.4 Å². The number of allylic oxidation sites excluding steroid dienone is 1. The molecule has 40 heavy (non-hydrogen) atoms. The number of esters is 1. The van der Waals surface area contributed by atoms with Gasteiger partial charge in [-0.15, -0.1) is 0 Å². The summed E-state index contributed by atoms with van der Waals surface area (Å²) in [5, 5.41) is 46.5. The fourth-order valence-corrected chi connectivity index (χ4v) is 3.99. The summed E-state index contributed by atoms with van der Waals surface area (Å²) in [7, 11) is 0. The summed E-state index contributed by atoms with van der Waals surface area (Å²) in [5.41, 5.74) is 0. The quantitative estimate of drug-likeness (QED) is 0.0488. The zero-order valence-electron chi connectivity index (χ0n) is 24.8. The van der Waals surface area contributed by atoms with Crippen molar-refractivity contribution in [2.45, 2.75) is 121 Å². The van der Waals surface area contributed by atoms with E-state index in [0.29, 0.717) is 0 Å². The number of carbonyl (C=O) groups is 1. The van der Waals surface area contributed by atoms with Crippen LogP contribution in [0.1, 0.15) is 96.8 Å². The maximum atomic E-state index is 12.1. The molecule has 0 aromatic carbocycles. The van der Waals surface area contributed by atoms with Gasteiger partial charge in [-0.1, -0.05) is 90.0 Å². The van der Waals surface area contributed by atoms with Crippen LogP contribution in [0.3, 0.4) is 0 Å². The maximum Gasteiger partial charge on any atom is 0.330 e. The molecule has 5 N–H and O–H groups in total. The molecule has 0 aliphatic rings. The molecular weight excluding hydrogens is 520 g/mol. The monoisotopic (exact) mass is 578 g/mol. The van der Waals surface area contributed by atoms with Gasteiger partial charge < -0.3 is 44.5 Å². The Bertz CT molecular complexity index is 571. The van der Waals surface area contributed by atoms with Crippen LogP contribution in [0.4, 0.5) is 0 Å². The van der Waals surface area contributed by atoms with E-state index in [1.807, 2.05) is 0 Å². The Hall–Kier alpha value is -1.11. The highest BCUT2D eigenvalue weighted by molar-refractivity contribution is 5.82. The van der Waals surface area contributed by atoms with Gasteiger partial charge in [0.15, 0.2) is 0 Å². The molecule has 10 nitrogen and oxygen atoms in total. The Balaban J connectivity index is 3.95. The maximum absolute atomic E-state index is 12.1. The Labute approximate surface area is 241 Å². The normalized spacial score (nSPS) is 14.2. The molecule has 0 amide bonds. The van der Waals surface area contributed by atoms with Crippen molar-refractivity contribution in [2.24, 2.45) is 0 Å². The highest BCUT2D eigenvalue weighted by Crippen LogP contribution is 2.13. The van der Waals surface area contributed by atoms with Crippen molar-refractivity contribution < 1.29 is 49.3 Å². The van der Waals surface area contributed by atoms with E-state index in [4.69, 9.17) is 29.2 Å². The van der Waals surface area contributed by atoms with Crippen LogP contribution in [0.25, 0.3) is 0 Å². The van der Waals surface area contributed by atoms with E-state index in [1.165, 1.54) is 76.7 Å². The molecule has 0 spiro atoms. The van der Waals surface area contributed by atoms with Crippen molar-refractivity contribution in [2.75, 3.05) is 52.9 Å². The summed E-state index contributed by atoms with van der Waals surface area (Å²) >= 11 is 0. The SMILES string of the molecule is CCCCCCCCCCCCCCCC=CC(=O)OC(CO)COC(CO)COC(CO)COC(CO)CO. The Morgan fingerprint density at radius 3 is 1.35 bits per heavy atom. The largest absolute Gasteiger partial charge is 0.454 e. The van der Waals surface area contributed by atoms with Crippen LogP contribution in [-0.4, -0.2) is 109 Å². The number of rotatable bonds is 30. The lowest BCUT2D eigenvalue weighted by Gasteiger charge is -2.23. The van der Waals surface area contributed by atoms with Crippen LogP contribution in [0.2, 0.25) is 0 Å². The van der Waals surface area contributed by atoms with E-state index in [1.54, 1.807) is 6.08 Å². The fraction of sp³-hybridized carbons (Fsp3) is 0.900. The summed E-state index contributed by atoms with van der Waals surface area (Å²) < 4.78 is 21.4. The molecule has 0 heterocycles. The molecule has 10 heteroatoms. The fourth-order valence-electron chi connectivity index (χ4n) is 3.99. The summed E-state index contributed by atoms with van der Waals surface area (Å²) in [6.45, 7) is 0.0281. The van der Waals surface area contributed by atoms with Gasteiger partial charge in [0.25, 0.3) is 0 Å². The first-order valence-corrected chi connectivity index (χ1v) is 15.3. The lowest BCUT2D eigenvalue weighted by Crippen LogP contribution is -2.36. The first kappa shape index (κ1) is 38.9. The van der Waals surface area contributed by atoms with E-state index in [9.17, 15) is 20.1 Å². The lowest BCUT2D eigenvalue weighted by atomic mass is 10.0. The van der Waals surface area contributed by atoms with Gasteiger partial charge in [-0.3, -0.25) is 0 Å². The number of aliphatic hydroxyl groups is 5. The van der Waals surface area contributed by atoms with Gasteiger partial charge >= 0.3 is 5.97 Å². The number of aliphatic hydroxyl groups excluding tert-OH is 5. The van der Waals surface area contributed by atoms with Crippen LogP contribution < -0.4 is 0 Å². The molecule has 3 atom stereocenters. The second-order valence-corrected chi connectivity index (χ2v) is 10.3. The van der Waals surface area contributed by atoms with Crippen molar-refractivity contribution in [1.82, 2.24) is 0 Å². The van der Waals surface area contributed by atoms with Crippen molar-refractivity contribution in [3.8, 4) is 0 Å². The van der Waals surface area contributed by atoms with Gasteiger partial charge in [-0.2, -0.15) is 0 Å². The molecule has 0 bridgehead atoms. The predicted octanol–water partition coefficient (Wildman–Crippen LogP) is 3.05. The minimum absolute atomic E-state index is 0.0665. The lowest BCUT2D eigenvalue weighted by molar-refractivity contribution is -0.154. The smallest absolute Gasteiger partial charge is 0.330 e. The van der Waals surface area contributed by atoms with Crippen LogP contribution in [0.15, 0.2) is 12.2 Å². The Morgan fingerprint density at radius 2 is 0.925 bits per heavy atom. The number of ether oxygens (including phenoxy) is 4. The van der Waals surface area contributed by atoms with Crippen LogP contribution in [-0.2, 0) is 23.7 Å². The summed E-state index contributed by atoms with van der Waals surface area (Å²) in [5.74, 6) is -0.561. The molecule has 0 aromatic rings. The van der Waals surface area contributed by atoms with Gasteiger partial charge in [-0.05, 0) is 12.8 Å². The Kier molecular flexibility index (Phi) is 28.6. The first-order valence-electron chi connectivity index (χ1n) is 15.3. The minimum atomic E-state index is -0.894. The zero-order valence-corrected chi connectivity index (χ0v) is 24.8. The molecule has 0 rings (SSSR count). The van der Waals surface area contributed by atoms with E-state index >= 15 is 0 Å². The first-order chi connectivity index (χ1) is 19.5. The molecule has 3 unspecified atom stereocenters. The predicted molar refractivity (Wildman–Crippen MR) is 154 cm³/mol. The van der Waals surface area contributed by atoms with Gasteiger partial charge in [0.2, 0.25) is 0 Å². The Morgan fingerprint density at radius 1 is 0.550 bits per heavy atom. The van der Waals surface area contributed by atoms with Crippen molar-refractivity contribution in [3.63, 3.8) is 0 Å². The third-order valence-corrected chi connectivity index (χ3v) is 6.58. The van der Waals surface area contributed by atoms with Gasteiger partial charge in [-0.25, -0.2) is 4.79 Å². The molecule has 238 valence electrons. The summed E-state index contributed by atoms with van der Waals surface area (Å²) in [6, 6.07) is 0. The molecule has 0 saturated heterocycles. The highest BCUT2D eigenvalue weighted by atomic mass is 16.6. The molecule has 0 aliphatic heterocycles. The van der Waals surface area contributed by atoms with Crippen molar-refractivity contribution in [1.29, 1.82) is 0 Å². The van der Waals surface area contributed by atoms with E-state index < -0.39 is 37.0 Å². The second-order valence-electron chi connectivity index (χ2n) is 10.3. The average molecular weight is 579 g/mol. The van der Waals surface area contributed by atoms with E-state index in [2.05, 4.69) is 6.92 Å². The van der Waals surface area contributed by atoms with Crippen molar-refractivity contribution in [3.05, 3.63) is 12.2 Å². The summed E-state index contributed by atoms with van der Waals surface area (Å²) in [4.78, 5) is 12.1. The third-order valence-electron chi connectivity index (χ3n) is 6.58. The van der Waals surface area contributed by atoms with Gasteiger partial charge in [0.05, 0.1) is 52.9 Å². The third kappa shape index (κ3) is 23.6. The second kappa shape index (κ2) is 29.4. The zero-order chi connectivity index (χ0) is 29.7. The molecule has 0 radical (unpaired) electrons. The van der Waals surface area contributed by atoms with Crippen LogP contribution in [0.5, 0.6) is 0 Å². The standard InChI is InChI=1S/C30H58O10/c1-2-3-4-5-6-7-8-9-10-11-12-13-14-15-16-17-30(36)40-29(22-35)25-39-28(21-34)24-38-27(20-33)23-37-26(18-31)19-32/h16-17,26-29,31-35H,2-15,18-25H2,1H3. The molecule has 0 aromatic heterocycles. The highest BCUT2D eigenvalue weighted by Gasteiger charge is 2.19. The number of hydrogen-bond acceptors (Lipinski definition) is 10. The molecular formula is C30H58O10. The van der Waals surface area contributed by atoms with Crippen LogP contribution in [0, 0.1) is 0 Å². The van der Waals surface area contributed by atoms with Crippen molar-refractivity contribution >= 4 is 5.97 Å². The number of unbranched alkanes of at least 4 members (excludes halogenated alkanes) is 13. The average Bonchev–Trinajstić information content (AvgIpc) is 2.97. The van der Waals surface area contributed by atoms with Gasteiger partial charge in [0, 0.05) is 6.08 Å². The topological polar surface area (TPSA) is 155 Å². The minimum Gasteiger partial charge on any atom is -0.454 e. The molecule has 0 fully saturated rings. The number of hydrogen-bond donors (Lipinski definition) is 5. The molecule has 0 saturated carbocycles.